The van der Waals surface area contributed by atoms with Gasteiger partial charge in [0.05, 0.1) is 15.6 Å². The first kappa shape index (κ1) is 15.2. The summed E-state index contributed by atoms with van der Waals surface area (Å²) in [6, 6.07) is 8.31. The second kappa shape index (κ2) is 6.03. The van der Waals surface area contributed by atoms with Gasteiger partial charge in [0.2, 0.25) is 0 Å². The van der Waals surface area contributed by atoms with Gasteiger partial charge in [-0.3, -0.25) is 4.79 Å². The summed E-state index contributed by atoms with van der Waals surface area (Å²) in [5, 5.41) is 21.2. The van der Waals surface area contributed by atoms with Crippen LogP contribution < -0.4 is 5.32 Å². The van der Waals surface area contributed by atoms with Crippen LogP contribution >= 0.6 is 23.2 Å². The first-order valence-electron chi connectivity index (χ1n) is 5.72. The van der Waals surface area contributed by atoms with E-state index in [0.29, 0.717) is 0 Å². The summed E-state index contributed by atoms with van der Waals surface area (Å²) in [4.78, 5) is 22.8. The van der Waals surface area contributed by atoms with Crippen molar-refractivity contribution in [3.8, 4) is 5.75 Å². The molecule has 108 valence electrons. The van der Waals surface area contributed by atoms with Crippen molar-refractivity contribution in [2.24, 2.45) is 0 Å². The average molecular weight is 326 g/mol. The maximum Gasteiger partial charge on any atom is 0.339 e. The summed E-state index contributed by atoms with van der Waals surface area (Å²) >= 11 is 11.8. The van der Waals surface area contributed by atoms with Gasteiger partial charge >= 0.3 is 5.97 Å². The molecule has 0 aliphatic rings. The van der Waals surface area contributed by atoms with Crippen LogP contribution in [0.4, 0.5) is 5.69 Å². The number of benzene rings is 2. The van der Waals surface area contributed by atoms with E-state index in [-0.39, 0.29) is 26.9 Å². The fourth-order valence-corrected chi connectivity index (χ4v) is 2.05. The molecule has 0 aromatic heterocycles. The zero-order valence-electron chi connectivity index (χ0n) is 10.4. The van der Waals surface area contributed by atoms with Gasteiger partial charge in [0.15, 0.2) is 0 Å². The van der Waals surface area contributed by atoms with E-state index in [0.717, 1.165) is 6.07 Å². The molecule has 3 N–H and O–H groups in total. The number of anilines is 1. The van der Waals surface area contributed by atoms with Crippen LogP contribution in [-0.4, -0.2) is 22.1 Å². The number of halogens is 2. The standard InChI is InChI=1S/C14H9Cl2NO4/c15-10-3-1-2-9(12(10)16)13(19)17-7-4-5-8(14(20)21)11(18)6-7/h1-6,18H,(H,17,19)(H,20,21). The Labute approximate surface area is 129 Å². The van der Waals surface area contributed by atoms with Crippen molar-refractivity contribution in [3.63, 3.8) is 0 Å². The molecule has 2 aromatic rings. The normalized spacial score (nSPS) is 10.2. The summed E-state index contributed by atoms with van der Waals surface area (Å²) in [6.45, 7) is 0. The van der Waals surface area contributed by atoms with Gasteiger partial charge in [-0.05, 0) is 24.3 Å². The van der Waals surface area contributed by atoms with E-state index in [9.17, 15) is 14.7 Å². The number of amides is 1. The van der Waals surface area contributed by atoms with Crippen molar-refractivity contribution in [2.75, 3.05) is 5.32 Å². The number of nitrogens with one attached hydrogen (secondary N) is 1. The largest absolute Gasteiger partial charge is 0.507 e. The third-order valence-corrected chi connectivity index (χ3v) is 3.50. The number of rotatable bonds is 3. The molecule has 0 heterocycles. The van der Waals surface area contributed by atoms with E-state index in [1.54, 1.807) is 12.1 Å². The minimum absolute atomic E-state index is 0.114. The molecule has 0 aliphatic heterocycles. The molecule has 0 aliphatic carbocycles. The van der Waals surface area contributed by atoms with Crippen LogP contribution in [0, 0.1) is 0 Å². The van der Waals surface area contributed by atoms with Crippen LogP contribution in [0.5, 0.6) is 5.75 Å². The van der Waals surface area contributed by atoms with Crippen molar-refractivity contribution < 1.29 is 19.8 Å². The third-order valence-electron chi connectivity index (χ3n) is 2.68. The molecule has 7 heteroatoms. The SMILES string of the molecule is O=C(O)c1ccc(NC(=O)c2cccc(Cl)c2Cl)cc1O. The molecular weight excluding hydrogens is 317 g/mol. The zero-order chi connectivity index (χ0) is 15.6. The summed E-state index contributed by atoms with van der Waals surface area (Å²) in [6.07, 6.45) is 0. The Morgan fingerprint density at radius 1 is 1.05 bits per heavy atom. The maximum absolute atomic E-state index is 12.1. The lowest BCUT2D eigenvalue weighted by Gasteiger charge is -2.08. The molecule has 1 amide bonds. The van der Waals surface area contributed by atoms with Gasteiger partial charge in [-0.2, -0.15) is 0 Å². The first-order valence-corrected chi connectivity index (χ1v) is 6.47. The molecule has 5 nitrogen and oxygen atoms in total. The summed E-state index contributed by atoms with van der Waals surface area (Å²) in [5.74, 6) is -2.23. The highest BCUT2D eigenvalue weighted by Gasteiger charge is 2.14. The Morgan fingerprint density at radius 3 is 2.38 bits per heavy atom. The third kappa shape index (κ3) is 3.26. The van der Waals surface area contributed by atoms with Crippen LogP contribution in [0.3, 0.4) is 0 Å². The summed E-state index contributed by atoms with van der Waals surface area (Å²) < 4.78 is 0. The van der Waals surface area contributed by atoms with Crippen molar-refractivity contribution in [1.82, 2.24) is 0 Å². The Kier molecular flexibility index (Phi) is 4.35. The number of aromatic carboxylic acids is 1. The molecule has 0 bridgehead atoms. The Hall–Kier alpha value is -2.24. The average Bonchev–Trinajstić information content (AvgIpc) is 2.41. The zero-order valence-corrected chi connectivity index (χ0v) is 11.9. The predicted octanol–water partition coefficient (Wildman–Crippen LogP) is 3.65. The van der Waals surface area contributed by atoms with Gasteiger partial charge in [0.1, 0.15) is 11.3 Å². The molecule has 0 fully saturated rings. The van der Waals surface area contributed by atoms with Crippen LogP contribution in [0.2, 0.25) is 10.0 Å². The van der Waals surface area contributed by atoms with Crippen molar-refractivity contribution in [3.05, 3.63) is 57.6 Å². The molecule has 2 rings (SSSR count). The van der Waals surface area contributed by atoms with Crippen molar-refractivity contribution in [1.29, 1.82) is 0 Å². The highest BCUT2D eigenvalue weighted by molar-refractivity contribution is 6.44. The van der Waals surface area contributed by atoms with E-state index in [1.165, 1.54) is 18.2 Å². The predicted molar refractivity (Wildman–Crippen MR) is 79.5 cm³/mol. The van der Waals surface area contributed by atoms with E-state index in [1.807, 2.05) is 0 Å². The number of carbonyl (C=O) groups excluding carboxylic acids is 1. The number of phenols is 1. The summed E-state index contributed by atoms with van der Waals surface area (Å²) in [5.41, 5.74) is 0.151. The van der Waals surface area contributed by atoms with E-state index >= 15 is 0 Å². The summed E-state index contributed by atoms with van der Waals surface area (Å²) in [7, 11) is 0. The number of carbonyl (C=O) groups is 2. The minimum atomic E-state index is -1.26. The Bertz CT molecular complexity index is 731. The number of carboxylic acid groups (broad SMARTS) is 1. The highest BCUT2D eigenvalue weighted by atomic mass is 35.5. The highest BCUT2D eigenvalue weighted by Crippen LogP contribution is 2.27. The van der Waals surface area contributed by atoms with Gasteiger partial charge in [-0.1, -0.05) is 29.3 Å². The van der Waals surface area contributed by atoms with Crippen molar-refractivity contribution >= 4 is 40.8 Å². The number of hydrogen-bond acceptors (Lipinski definition) is 3. The minimum Gasteiger partial charge on any atom is -0.507 e. The molecule has 0 spiro atoms. The van der Waals surface area contributed by atoms with Crippen molar-refractivity contribution in [2.45, 2.75) is 0 Å². The van der Waals surface area contributed by atoms with Crippen LogP contribution in [-0.2, 0) is 0 Å². The molecule has 0 unspecified atom stereocenters. The molecule has 0 atom stereocenters. The number of hydrogen-bond donors (Lipinski definition) is 3. The Balaban J connectivity index is 2.26. The Morgan fingerprint density at radius 2 is 1.76 bits per heavy atom. The second-order valence-electron chi connectivity index (χ2n) is 4.09. The van der Waals surface area contributed by atoms with Crippen LogP contribution in [0.15, 0.2) is 36.4 Å². The van der Waals surface area contributed by atoms with Crippen LogP contribution in [0.25, 0.3) is 0 Å². The molecule has 0 radical (unpaired) electrons. The quantitative estimate of drug-likeness (QED) is 0.803. The van der Waals surface area contributed by atoms with E-state index in [4.69, 9.17) is 28.3 Å². The molecule has 2 aromatic carbocycles. The number of carboxylic acids is 1. The first-order chi connectivity index (χ1) is 9.90. The second-order valence-corrected chi connectivity index (χ2v) is 4.88. The monoisotopic (exact) mass is 325 g/mol. The van der Waals surface area contributed by atoms with Gasteiger partial charge in [0.25, 0.3) is 5.91 Å². The smallest absolute Gasteiger partial charge is 0.339 e. The molecule has 0 saturated heterocycles. The van der Waals surface area contributed by atoms with E-state index in [2.05, 4.69) is 5.32 Å². The molecule has 21 heavy (non-hydrogen) atoms. The van der Waals surface area contributed by atoms with Crippen LogP contribution in [0.1, 0.15) is 20.7 Å². The molecular formula is C14H9Cl2NO4. The van der Waals surface area contributed by atoms with Gasteiger partial charge in [-0.25, -0.2) is 4.79 Å². The van der Waals surface area contributed by atoms with Gasteiger partial charge < -0.3 is 15.5 Å². The lowest BCUT2D eigenvalue weighted by Crippen LogP contribution is -2.12. The maximum atomic E-state index is 12.1. The lowest BCUT2D eigenvalue weighted by molar-refractivity contribution is 0.0693. The molecule has 0 saturated carbocycles. The fourth-order valence-electron chi connectivity index (χ4n) is 1.67. The van der Waals surface area contributed by atoms with E-state index < -0.39 is 17.6 Å². The fraction of sp³-hybridized carbons (Fsp3) is 0. The lowest BCUT2D eigenvalue weighted by atomic mass is 10.1. The van der Waals surface area contributed by atoms with Gasteiger partial charge in [0, 0.05) is 11.8 Å². The van der Waals surface area contributed by atoms with Gasteiger partial charge in [-0.15, -0.1) is 0 Å². The topological polar surface area (TPSA) is 86.6 Å². The number of aromatic hydroxyl groups is 1.